The van der Waals surface area contributed by atoms with E-state index in [2.05, 4.69) is 31.1 Å². The van der Waals surface area contributed by atoms with Gasteiger partial charge in [-0.3, -0.25) is 4.90 Å². The monoisotopic (exact) mass is 224 g/mol. The molecule has 0 aromatic carbocycles. The second kappa shape index (κ2) is 5.05. The average molecular weight is 224 g/mol. The van der Waals surface area contributed by atoms with Crippen molar-refractivity contribution < 1.29 is 0 Å². The summed E-state index contributed by atoms with van der Waals surface area (Å²) in [6, 6.07) is 1.63. The molecular weight excluding hydrogens is 196 g/mol. The summed E-state index contributed by atoms with van der Waals surface area (Å²) in [6.07, 6.45) is 8.31. The van der Waals surface area contributed by atoms with Crippen molar-refractivity contribution in [2.45, 2.75) is 64.5 Å². The van der Waals surface area contributed by atoms with Crippen LogP contribution in [0.25, 0.3) is 0 Å². The number of nitrogens with one attached hydrogen (secondary N) is 1. The summed E-state index contributed by atoms with van der Waals surface area (Å²) in [6.45, 7) is 7.34. The largest absolute Gasteiger partial charge is 0.317 e. The lowest BCUT2D eigenvalue weighted by atomic mass is 9.85. The normalized spacial score (nSPS) is 35.2. The Morgan fingerprint density at radius 3 is 2.56 bits per heavy atom. The summed E-state index contributed by atoms with van der Waals surface area (Å²) in [4.78, 5) is 2.71. The van der Waals surface area contributed by atoms with Gasteiger partial charge in [-0.05, 0) is 57.7 Å². The molecule has 2 heteroatoms. The molecule has 2 fully saturated rings. The third kappa shape index (κ3) is 2.60. The molecule has 1 heterocycles. The highest BCUT2D eigenvalue weighted by molar-refractivity contribution is 4.93. The fourth-order valence-electron chi connectivity index (χ4n) is 3.73. The van der Waals surface area contributed by atoms with Crippen LogP contribution in [0, 0.1) is 5.41 Å². The van der Waals surface area contributed by atoms with E-state index in [0.717, 1.165) is 12.1 Å². The molecule has 1 N–H and O–H groups in total. The van der Waals surface area contributed by atoms with E-state index in [0.29, 0.717) is 5.41 Å². The van der Waals surface area contributed by atoms with Crippen molar-refractivity contribution in [2.75, 3.05) is 20.1 Å². The molecule has 1 saturated heterocycles. The van der Waals surface area contributed by atoms with E-state index >= 15 is 0 Å². The fraction of sp³-hybridized carbons (Fsp3) is 1.00. The van der Waals surface area contributed by atoms with Gasteiger partial charge in [0.1, 0.15) is 0 Å². The van der Waals surface area contributed by atoms with Crippen LogP contribution in [-0.2, 0) is 0 Å². The second-order valence-electron chi connectivity index (χ2n) is 6.40. The quantitative estimate of drug-likeness (QED) is 0.776. The predicted octanol–water partition coefficient (Wildman–Crippen LogP) is 2.64. The minimum atomic E-state index is 0.536. The summed E-state index contributed by atoms with van der Waals surface area (Å²) in [5.74, 6) is 0. The first kappa shape index (κ1) is 12.4. The lowest BCUT2D eigenvalue weighted by Gasteiger charge is -2.39. The molecule has 1 saturated carbocycles. The molecule has 0 spiro atoms. The van der Waals surface area contributed by atoms with E-state index in [1.807, 2.05) is 0 Å². The molecule has 0 radical (unpaired) electrons. The Hall–Kier alpha value is -0.0800. The van der Waals surface area contributed by atoms with Crippen LogP contribution in [0.5, 0.6) is 0 Å². The number of nitrogens with zero attached hydrogens (tertiary/aromatic N) is 1. The molecule has 0 aromatic rings. The van der Waals surface area contributed by atoms with E-state index < -0.39 is 0 Å². The van der Waals surface area contributed by atoms with Crippen LogP contribution >= 0.6 is 0 Å². The Kier molecular flexibility index (Phi) is 3.91. The lowest BCUT2D eigenvalue weighted by Crippen LogP contribution is -2.45. The number of hydrogen-bond acceptors (Lipinski definition) is 2. The third-order valence-electron chi connectivity index (χ3n) is 4.81. The Labute approximate surface area is 101 Å². The van der Waals surface area contributed by atoms with Crippen LogP contribution < -0.4 is 5.32 Å². The predicted molar refractivity (Wildman–Crippen MR) is 69.7 cm³/mol. The molecule has 2 nitrogen and oxygen atoms in total. The van der Waals surface area contributed by atoms with Gasteiger partial charge in [-0.2, -0.15) is 0 Å². The van der Waals surface area contributed by atoms with E-state index in [9.17, 15) is 0 Å². The van der Waals surface area contributed by atoms with Crippen LogP contribution in [-0.4, -0.2) is 37.1 Å². The minimum Gasteiger partial charge on any atom is -0.317 e. The maximum Gasteiger partial charge on any atom is 0.0146 e. The zero-order valence-corrected chi connectivity index (χ0v) is 11.3. The van der Waals surface area contributed by atoms with E-state index in [1.54, 1.807) is 0 Å². The highest BCUT2D eigenvalue weighted by Gasteiger charge is 2.38. The fourth-order valence-corrected chi connectivity index (χ4v) is 3.73. The maximum atomic E-state index is 3.52. The van der Waals surface area contributed by atoms with E-state index in [-0.39, 0.29) is 0 Å². The van der Waals surface area contributed by atoms with Crippen molar-refractivity contribution in [3.63, 3.8) is 0 Å². The van der Waals surface area contributed by atoms with Gasteiger partial charge >= 0.3 is 0 Å². The molecule has 2 aliphatic rings. The van der Waals surface area contributed by atoms with Crippen molar-refractivity contribution in [1.29, 1.82) is 0 Å². The molecule has 94 valence electrons. The third-order valence-corrected chi connectivity index (χ3v) is 4.81. The molecule has 1 aliphatic heterocycles. The van der Waals surface area contributed by atoms with Crippen molar-refractivity contribution in [2.24, 2.45) is 5.41 Å². The Morgan fingerprint density at radius 1 is 1.06 bits per heavy atom. The highest BCUT2D eigenvalue weighted by Crippen LogP contribution is 2.41. The van der Waals surface area contributed by atoms with Gasteiger partial charge in [0.2, 0.25) is 0 Å². The van der Waals surface area contributed by atoms with Gasteiger partial charge in [-0.1, -0.05) is 20.3 Å². The van der Waals surface area contributed by atoms with Gasteiger partial charge in [0.05, 0.1) is 0 Å². The summed E-state index contributed by atoms with van der Waals surface area (Å²) in [5, 5.41) is 3.52. The zero-order valence-electron chi connectivity index (χ0n) is 11.3. The standard InChI is InChI=1S/C14H28N2/c1-14(2)9-4-7-13(14)16(3)12-6-5-10-15-11-8-12/h12-13,15H,4-11H2,1-3H3. The van der Waals surface area contributed by atoms with Crippen LogP contribution in [0.15, 0.2) is 0 Å². The van der Waals surface area contributed by atoms with Crippen LogP contribution in [0.2, 0.25) is 0 Å². The van der Waals surface area contributed by atoms with Crippen molar-refractivity contribution in [3.8, 4) is 0 Å². The topological polar surface area (TPSA) is 15.3 Å². The van der Waals surface area contributed by atoms with Crippen molar-refractivity contribution in [1.82, 2.24) is 10.2 Å². The highest BCUT2D eigenvalue weighted by atomic mass is 15.2. The number of hydrogen-bond donors (Lipinski definition) is 1. The first-order valence-corrected chi connectivity index (χ1v) is 7.04. The number of rotatable bonds is 2. The van der Waals surface area contributed by atoms with Crippen LogP contribution in [0.3, 0.4) is 0 Å². The van der Waals surface area contributed by atoms with Gasteiger partial charge in [0, 0.05) is 12.1 Å². The molecular formula is C14H28N2. The smallest absolute Gasteiger partial charge is 0.0146 e. The second-order valence-corrected chi connectivity index (χ2v) is 6.40. The first-order chi connectivity index (χ1) is 7.61. The average Bonchev–Trinajstić information content (AvgIpc) is 2.48. The molecule has 0 bridgehead atoms. The van der Waals surface area contributed by atoms with Crippen molar-refractivity contribution >= 4 is 0 Å². The Bertz CT molecular complexity index is 217. The molecule has 0 amide bonds. The molecule has 0 aromatic heterocycles. The molecule has 2 unspecified atom stereocenters. The van der Waals surface area contributed by atoms with Gasteiger partial charge < -0.3 is 5.32 Å². The molecule has 1 aliphatic carbocycles. The first-order valence-electron chi connectivity index (χ1n) is 7.04. The Morgan fingerprint density at radius 2 is 1.88 bits per heavy atom. The Balaban J connectivity index is 1.97. The van der Waals surface area contributed by atoms with Crippen LogP contribution in [0.1, 0.15) is 52.4 Å². The van der Waals surface area contributed by atoms with Gasteiger partial charge in [0.15, 0.2) is 0 Å². The summed E-state index contributed by atoms with van der Waals surface area (Å²) in [7, 11) is 2.37. The summed E-state index contributed by atoms with van der Waals surface area (Å²) < 4.78 is 0. The molecule has 2 atom stereocenters. The van der Waals surface area contributed by atoms with Gasteiger partial charge in [0.25, 0.3) is 0 Å². The lowest BCUT2D eigenvalue weighted by molar-refractivity contribution is 0.0906. The van der Waals surface area contributed by atoms with Crippen LogP contribution in [0.4, 0.5) is 0 Å². The van der Waals surface area contributed by atoms with Crippen molar-refractivity contribution in [3.05, 3.63) is 0 Å². The summed E-state index contributed by atoms with van der Waals surface area (Å²) in [5.41, 5.74) is 0.536. The van der Waals surface area contributed by atoms with E-state index in [1.165, 1.54) is 51.6 Å². The molecule has 2 rings (SSSR count). The SMILES string of the molecule is CN(C1CCCNCC1)C1CCCC1(C)C. The summed E-state index contributed by atoms with van der Waals surface area (Å²) >= 11 is 0. The van der Waals surface area contributed by atoms with Gasteiger partial charge in [-0.15, -0.1) is 0 Å². The molecule has 16 heavy (non-hydrogen) atoms. The zero-order chi connectivity index (χ0) is 11.6. The van der Waals surface area contributed by atoms with E-state index in [4.69, 9.17) is 0 Å². The van der Waals surface area contributed by atoms with Gasteiger partial charge in [-0.25, -0.2) is 0 Å². The minimum absolute atomic E-state index is 0.536. The maximum absolute atomic E-state index is 3.52.